The van der Waals surface area contributed by atoms with Crippen molar-refractivity contribution >= 4 is 40.1 Å². The molecule has 1 aromatic rings. The van der Waals surface area contributed by atoms with E-state index >= 15 is 0 Å². The van der Waals surface area contributed by atoms with E-state index in [0.717, 1.165) is 18.5 Å². The summed E-state index contributed by atoms with van der Waals surface area (Å²) >= 11 is 1.28. The zero-order valence-corrected chi connectivity index (χ0v) is 15.2. The summed E-state index contributed by atoms with van der Waals surface area (Å²) in [6, 6.07) is 7.49. The van der Waals surface area contributed by atoms with Gasteiger partial charge < -0.3 is 16.0 Å². The molecule has 25 heavy (non-hydrogen) atoms. The minimum Gasteiger partial charge on any atom is -0.379 e. The molecule has 134 valence electrons. The summed E-state index contributed by atoms with van der Waals surface area (Å²) in [5.41, 5.74) is 7.39. The van der Waals surface area contributed by atoms with E-state index in [2.05, 4.69) is 10.3 Å². The Balaban J connectivity index is 1.71. The Morgan fingerprint density at radius 3 is 2.84 bits per heavy atom. The first-order valence-corrected chi connectivity index (χ1v) is 9.70. The molecule has 0 aromatic heterocycles. The largest absolute Gasteiger partial charge is 0.379 e. The molecular formula is C18H24N4O2S. The van der Waals surface area contributed by atoms with Gasteiger partial charge in [-0.15, -0.1) is 0 Å². The van der Waals surface area contributed by atoms with Crippen molar-refractivity contribution in [3.8, 4) is 0 Å². The zero-order chi connectivity index (χ0) is 17.8. The molecule has 1 unspecified atom stereocenters. The molecule has 2 amide bonds. The first-order valence-electron chi connectivity index (χ1n) is 8.71. The number of hydrogen-bond donors (Lipinski definition) is 2. The van der Waals surface area contributed by atoms with E-state index < -0.39 is 0 Å². The summed E-state index contributed by atoms with van der Waals surface area (Å²) in [4.78, 5) is 31.0. The second-order valence-corrected chi connectivity index (χ2v) is 7.57. The summed E-state index contributed by atoms with van der Waals surface area (Å²) in [6.07, 6.45) is 4.85. The highest BCUT2D eigenvalue weighted by Crippen LogP contribution is 2.31. The lowest BCUT2D eigenvalue weighted by Crippen LogP contribution is -2.40. The van der Waals surface area contributed by atoms with Crippen molar-refractivity contribution in [1.82, 2.24) is 0 Å². The van der Waals surface area contributed by atoms with Crippen LogP contribution in [0, 0.1) is 0 Å². The van der Waals surface area contributed by atoms with E-state index in [4.69, 9.17) is 5.73 Å². The van der Waals surface area contributed by atoms with E-state index in [-0.39, 0.29) is 30.0 Å². The fourth-order valence-electron chi connectivity index (χ4n) is 3.42. The molecule has 0 spiro atoms. The fourth-order valence-corrected chi connectivity index (χ4v) is 4.06. The van der Waals surface area contributed by atoms with E-state index in [1.807, 2.05) is 31.2 Å². The third-order valence-corrected chi connectivity index (χ3v) is 5.40. The van der Waals surface area contributed by atoms with Crippen LogP contribution in [0.2, 0.25) is 0 Å². The molecule has 0 bridgehead atoms. The van der Waals surface area contributed by atoms with Crippen molar-refractivity contribution in [1.29, 1.82) is 0 Å². The molecule has 1 saturated carbocycles. The lowest BCUT2D eigenvalue weighted by Gasteiger charge is -2.27. The van der Waals surface area contributed by atoms with Crippen LogP contribution in [0.25, 0.3) is 0 Å². The Kier molecular flexibility index (Phi) is 5.63. The van der Waals surface area contributed by atoms with Crippen LogP contribution in [0.1, 0.15) is 39.0 Å². The topological polar surface area (TPSA) is 87.8 Å². The SMILES string of the molecule is CC1CC(=O)Nc2ccccc2N1C(=O)CSC(N)=NC1CCCC1. The number of hydrogen-bond acceptors (Lipinski definition) is 4. The molecule has 1 atom stereocenters. The number of rotatable bonds is 3. The van der Waals surface area contributed by atoms with Gasteiger partial charge in [0.1, 0.15) is 0 Å². The Morgan fingerprint density at radius 1 is 1.36 bits per heavy atom. The van der Waals surface area contributed by atoms with Gasteiger partial charge in [-0.2, -0.15) is 0 Å². The minimum atomic E-state index is -0.204. The lowest BCUT2D eigenvalue weighted by atomic mass is 10.2. The summed E-state index contributed by atoms with van der Waals surface area (Å²) in [7, 11) is 0. The number of benzene rings is 1. The average Bonchev–Trinajstić information content (AvgIpc) is 3.03. The predicted molar refractivity (Wildman–Crippen MR) is 103 cm³/mol. The van der Waals surface area contributed by atoms with E-state index in [1.54, 1.807) is 4.90 Å². The maximum Gasteiger partial charge on any atom is 0.237 e. The Labute approximate surface area is 152 Å². The fraction of sp³-hybridized carbons (Fsp3) is 0.500. The number of fused-ring (bicyclic) bond motifs is 1. The number of thioether (sulfide) groups is 1. The molecule has 7 heteroatoms. The number of aliphatic imine (C=N–C) groups is 1. The van der Waals surface area contributed by atoms with Crippen molar-refractivity contribution in [2.45, 2.75) is 51.1 Å². The number of anilines is 2. The number of nitrogens with one attached hydrogen (secondary N) is 1. The number of amides is 2. The van der Waals surface area contributed by atoms with Gasteiger partial charge in [0.25, 0.3) is 0 Å². The van der Waals surface area contributed by atoms with Crippen molar-refractivity contribution in [3.05, 3.63) is 24.3 Å². The van der Waals surface area contributed by atoms with Crippen molar-refractivity contribution in [3.63, 3.8) is 0 Å². The van der Waals surface area contributed by atoms with Crippen LogP contribution < -0.4 is 16.0 Å². The van der Waals surface area contributed by atoms with Crippen LogP contribution in [-0.2, 0) is 9.59 Å². The van der Waals surface area contributed by atoms with Gasteiger partial charge >= 0.3 is 0 Å². The summed E-state index contributed by atoms with van der Waals surface area (Å²) in [5.74, 6) is 0.0748. The van der Waals surface area contributed by atoms with Crippen LogP contribution in [0.15, 0.2) is 29.3 Å². The monoisotopic (exact) mass is 360 g/mol. The van der Waals surface area contributed by atoms with Crippen LogP contribution in [0.5, 0.6) is 0 Å². The molecule has 1 aliphatic heterocycles. The normalized spacial score (nSPS) is 21.6. The average molecular weight is 360 g/mol. The van der Waals surface area contributed by atoms with E-state index in [1.165, 1.54) is 24.6 Å². The predicted octanol–water partition coefficient (Wildman–Crippen LogP) is 2.74. The molecule has 1 fully saturated rings. The molecule has 1 aliphatic carbocycles. The third kappa shape index (κ3) is 4.34. The van der Waals surface area contributed by atoms with Crippen LogP contribution in [0.4, 0.5) is 11.4 Å². The highest BCUT2D eigenvalue weighted by atomic mass is 32.2. The molecule has 1 heterocycles. The molecule has 1 aromatic carbocycles. The molecule has 3 N–H and O–H groups in total. The second-order valence-electron chi connectivity index (χ2n) is 6.58. The minimum absolute atomic E-state index is 0.0639. The highest BCUT2D eigenvalue weighted by Gasteiger charge is 2.29. The van der Waals surface area contributed by atoms with E-state index in [0.29, 0.717) is 16.9 Å². The standard InChI is InChI=1S/C18H24N4O2S/c1-12-10-16(23)21-14-8-4-5-9-15(14)22(12)17(24)11-25-18(19)20-13-6-2-3-7-13/h4-5,8-9,12-13H,2-3,6-7,10-11H2,1H3,(H2,19,20)(H,21,23). The first-order chi connectivity index (χ1) is 12.0. The van der Waals surface area contributed by atoms with Gasteiger partial charge in [-0.25, -0.2) is 0 Å². The van der Waals surface area contributed by atoms with Gasteiger partial charge in [0.2, 0.25) is 11.8 Å². The Hall–Kier alpha value is -2.02. The summed E-state index contributed by atoms with van der Waals surface area (Å²) in [6.45, 7) is 1.89. The van der Waals surface area contributed by atoms with Crippen LogP contribution in [0.3, 0.4) is 0 Å². The quantitative estimate of drug-likeness (QED) is 0.641. The number of amidine groups is 1. The van der Waals surface area contributed by atoms with Gasteiger partial charge in [0, 0.05) is 12.5 Å². The van der Waals surface area contributed by atoms with Gasteiger partial charge in [-0.3, -0.25) is 14.6 Å². The molecule has 0 radical (unpaired) electrons. The molecular weight excluding hydrogens is 336 g/mol. The van der Waals surface area contributed by atoms with Crippen LogP contribution >= 0.6 is 11.8 Å². The van der Waals surface area contributed by atoms with Crippen molar-refractivity contribution < 1.29 is 9.59 Å². The number of carbonyl (C=O) groups excluding carboxylic acids is 2. The third-order valence-electron chi connectivity index (χ3n) is 4.61. The number of nitrogens with two attached hydrogens (primary N) is 1. The van der Waals surface area contributed by atoms with Crippen molar-refractivity contribution in [2.75, 3.05) is 16.0 Å². The second kappa shape index (κ2) is 7.91. The van der Waals surface area contributed by atoms with Gasteiger partial charge in [0.05, 0.1) is 23.2 Å². The summed E-state index contributed by atoms with van der Waals surface area (Å²) in [5, 5.41) is 3.34. The molecule has 2 aliphatic rings. The van der Waals surface area contributed by atoms with Crippen LogP contribution in [-0.4, -0.2) is 34.8 Å². The Morgan fingerprint density at radius 2 is 2.08 bits per heavy atom. The molecule has 0 saturated heterocycles. The molecule has 6 nitrogen and oxygen atoms in total. The highest BCUT2D eigenvalue weighted by molar-refractivity contribution is 8.14. The number of para-hydroxylation sites is 2. The summed E-state index contributed by atoms with van der Waals surface area (Å²) < 4.78 is 0. The number of nitrogens with zero attached hydrogens (tertiary/aromatic N) is 2. The lowest BCUT2D eigenvalue weighted by molar-refractivity contribution is -0.117. The maximum atomic E-state index is 12.8. The maximum absolute atomic E-state index is 12.8. The van der Waals surface area contributed by atoms with Gasteiger partial charge in [0.15, 0.2) is 5.17 Å². The molecule has 3 rings (SSSR count). The van der Waals surface area contributed by atoms with Gasteiger partial charge in [-0.05, 0) is 31.9 Å². The zero-order valence-electron chi connectivity index (χ0n) is 14.4. The van der Waals surface area contributed by atoms with E-state index in [9.17, 15) is 9.59 Å². The number of carbonyl (C=O) groups is 2. The smallest absolute Gasteiger partial charge is 0.237 e. The van der Waals surface area contributed by atoms with Crippen molar-refractivity contribution in [2.24, 2.45) is 10.7 Å². The first kappa shape index (κ1) is 17.8. The Bertz CT molecular complexity index is 685. The van der Waals surface area contributed by atoms with Gasteiger partial charge in [-0.1, -0.05) is 36.7 Å².